The van der Waals surface area contributed by atoms with Crippen molar-refractivity contribution in [3.63, 3.8) is 0 Å². The summed E-state index contributed by atoms with van der Waals surface area (Å²) in [4.78, 5) is 22.9. The fourth-order valence-corrected chi connectivity index (χ4v) is 2.81. The van der Waals surface area contributed by atoms with Gasteiger partial charge in [-0.3, -0.25) is 4.79 Å². The Hall–Kier alpha value is -3.40. The largest absolute Gasteiger partial charge is 0.478 e. The first-order chi connectivity index (χ1) is 16.1. The van der Waals surface area contributed by atoms with Gasteiger partial charge in [-0.05, 0) is 63.1 Å². The maximum atomic E-state index is 12.0. The molecular formula is C29H37NO3. The van der Waals surface area contributed by atoms with Crippen LogP contribution in [0.25, 0.3) is 0 Å². The van der Waals surface area contributed by atoms with Crippen LogP contribution in [-0.4, -0.2) is 17.0 Å². The second-order valence-corrected chi connectivity index (χ2v) is 7.39. The number of allylic oxidation sites excluding steroid dienone is 12. The van der Waals surface area contributed by atoms with E-state index in [1.807, 2.05) is 12.2 Å². The summed E-state index contributed by atoms with van der Waals surface area (Å²) in [6.07, 6.45) is 32.6. The number of rotatable bonds is 16. The summed E-state index contributed by atoms with van der Waals surface area (Å²) in [6, 6.07) is 6.25. The number of hydrogen-bond donors (Lipinski definition) is 2. The molecule has 1 aromatic carbocycles. The smallest absolute Gasteiger partial charge is 0.335 e. The number of benzene rings is 1. The van der Waals surface area contributed by atoms with Crippen LogP contribution < -0.4 is 5.32 Å². The molecule has 1 rings (SSSR count). The number of aromatic carboxylic acids is 1. The number of carbonyl (C=O) groups excluding carboxylic acids is 1. The van der Waals surface area contributed by atoms with Crippen molar-refractivity contribution in [1.82, 2.24) is 0 Å². The van der Waals surface area contributed by atoms with Crippen molar-refractivity contribution in [2.24, 2.45) is 0 Å². The fourth-order valence-electron chi connectivity index (χ4n) is 2.81. The number of carboxylic acids is 1. The van der Waals surface area contributed by atoms with Crippen LogP contribution in [0.15, 0.2) is 97.2 Å². The van der Waals surface area contributed by atoms with Gasteiger partial charge in [-0.25, -0.2) is 4.79 Å². The van der Waals surface area contributed by atoms with Crippen molar-refractivity contribution in [3.8, 4) is 0 Å². The Labute approximate surface area is 198 Å². The van der Waals surface area contributed by atoms with Gasteiger partial charge in [-0.15, -0.1) is 0 Å². The Morgan fingerprint density at radius 2 is 1.24 bits per heavy atom. The van der Waals surface area contributed by atoms with Gasteiger partial charge in [0.15, 0.2) is 0 Å². The SMILES string of the molecule is CC/C=C\C/C=C\C/C=C\C/C=C\C/C=C\C/C=C\CCC(=O)Nc1cccc(C(=O)O)c1. The molecule has 0 fully saturated rings. The predicted octanol–water partition coefficient (Wildman–Crippen LogP) is 7.80. The van der Waals surface area contributed by atoms with Crippen LogP contribution in [0, 0.1) is 0 Å². The highest BCUT2D eigenvalue weighted by Gasteiger charge is 2.05. The Balaban J connectivity index is 2.07. The number of anilines is 1. The van der Waals surface area contributed by atoms with Crippen LogP contribution >= 0.6 is 0 Å². The van der Waals surface area contributed by atoms with Gasteiger partial charge in [-0.1, -0.05) is 85.9 Å². The monoisotopic (exact) mass is 447 g/mol. The lowest BCUT2D eigenvalue weighted by Crippen LogP contribution is -2.11. The van der Waals surface area contributed by atoms with Crippen molar-refractivity contribution < 1.29 is 14.7 Å². The molecule has 0 spiro atoms. The molecule has 0 saturated heterocycles. The van der Waals surface area contributed by atoms with E-state index in [4.69, 9.17) is 5.11 Å². The van der Waals surface area contributed by atoms with E-state index in [2.05, 4.69) is 73.0 Å². The molecule has 0 aliphatic heterocycles. The molecule has 0 atom stereocenters. The van der Waals surface area contributed by atoms with Gasteiger partial charge in [0.05, 0.1) is 5.56 Å². The highest BCUT2D eigenvalue weighted by molar-refractivity contribution is 5.93. The van der Waals surface area contributed by atoms with Crippen LogP contribution in [0.4, 0.5) is 5.69 Å². The van der Waals surface area contributed by atoms with E-state index >= 15 is 0 Å². The van der Waals surface area contributed by atoms with Crippen molar-refractivity contribution >= 4 is 17.6 Å². The van der Waals surface area contributed by atoms with Gasteiger partial charge in [0.1, 0.15) is 0 Å². The molecule has 4 nitrogen and oxygen atoms in total. The van der Waals surface area contributed by atoms with Crippen LogP contribution in [0.2, 0.25) is 0 Å². The summed E-state index contributed by atoms with van der Waals surface area (Å²) < 4.78 is 0. The van der Waals surface area contributed by atoms with Crippen LogP contribution in [-0.2, 0) is 4.79 Å². The quantitative estimate of drug-likeness (QED) is 0.254. The molecule has 0 aliphatic carbocycles. The second-order valence-electron chi connectivity index (χ2n) is 7.39. The van der Waals surface area contributed by atoms with Crippen LogP contribution in [0.1, 0.15) is 68.6 Å². The third-order valence-corrected chi connectivity index (χ3v) is 4.53. The molecule has 33 heavy (non-hydrogen) atoms. The minimum Gasteiger partial charge on any atom is -0.478 e. The van der Waals surface area contributed by atoms with E-state index in [9.17, 15) is 9.59 Å². The Kier molecular flexibility index (Phi) is 16.2. The number of carboxylic acid groups (broad SMARTS) is 1. The van der Waals surface area contributed by atoms with E-state index in [1.165, 1.54) is 12.1 Å². The normalized spacial score (nSPS) is 12.4. The summed E-state index contributed by atoms with van der Waals surface area (Å²) in [6.45, 7) is 2.14. The fraction of sp³-hybridized carbons (Fsp3) is 0.310. The molecule has 0 saturated carbocycles. The Morgan fingerprint density at radius 3 is 1.73 bits per heavy atom. The number of nitrogens with one attached hydrogen (secondary N) is 1. The minimum atomic E-state index is -1.01. The van der Waals surface area contributed by atoms with Crippen LogP contribution in [0.3, 0.4) is 0 Å². The van der Waals surface area contributed by atoms with E-state index in [0.29, 0.717) is 18.5 Å². The summed E-state index contributed by atoms with van der Waals surface area (Å²) in [5.41, 5.74) is 0.660. The molecule has 4 heteroatoms. The van der Waals surface area contributed by atoms with Gasteiger partial charge in [0, 0.05) is 12.1 Å². The maximum Gasteiger partial charge on any atom is 0.335 e. The van der Waals surface area contributed by atoms with Crippen LogP contribution in [0.5, 0.6) is 0 Å². The van der Waals surface area contributed by atoms with Gasteiger partial charge >= 0.3 is 5.97 Å². The molecule has 0 aliphatic rings. The molecule has 176 valence electrons. The number of hydrogen-bond acceptors (Lipinski definition) is 2. The Bertz CT molecular complexity index is 873. The zero-order chi connectivity index (χ0) is 24.0. The van der Waals surface area contributed by atoms with E-state index in [-0.39, 0.29) is 11.5 Å². The highest BCUT2D eigenvalue weighted by Crippen LogP contribution is 2.11. The standard InChI is InChI=1S/C29H37NO3/c1-2-3-4-5-6-7-8-9-10-11-12-13-14-15-16-17-18-19-20-24-28(31)30-27-23-21-22-26(25-27)29(32)33/h3-4,6-7,9-10,12-13,15-16,18-19,21-23,25H,2,5,8,11,14,17,20,24H2,1H3,(H,30,31)(H,32,33)/b4-3-,7-6-,10-9-,13-12-,16-15-,19-18-. The summed E-state index contributed by atoms with van der Waals surface area (Å²) in [5, 5.41) is 11.7. The number of carbonyl (C=O) groups is 2. The van der Waals surface area contributed by atoms with Gasteiger partial charge < -0.3 is 10.4 Å². The lowest BCUT2D eigenvalue weighted by molar-refractivity contribution is -0.116. The Morgan fingerprint density at radius 1 is 0.758 bits per heavy atom. The first-order valence-electron chi connectivity index (χ1n) is 11.7. The second kappa shape index (κ2) is 19.3. The summed E-state index contributed by atoms with van der Waals surface area (Å²) >= 11 is 0. The first-order valence-corrected chi connectivity index (χ1v) is 11.7. The van der Waals surface area contributed by atoms with Gasteiger partial charge in [0.25, 0.3) is 0 Å². The maximum absolute atomic E-state index is 12.0. The topological polar surface area (TPSA) is 66.4 Å². The lowest BCUT2D eigenvalue weighted by atomic mass is 10.2. The molecule has 0 aromatic heterocycles. The molecular weight excluding hydrogens is 410 g/mol. The third-order valence-electron chi connectivity index (χ3n) is 4.53. The molecule has 0 heterocycles. The van der Waals surface area contributed by atoms with Gasteiger partial charge in [0.2, 0.25) is 5.91 Å². The molecule has 1 amide bonds. The van der Waals surface area contributed by atoms with E-state index in [0.717, 1.165) is 38.5 Å². The van der Waals surface area contributed by atoms with Gasteiger partial charge in [-0.2, -0.15) is 0 Å². The minimum absolute atomic E-state index is 0.128. The highest BCUT2D eigenvalue weighted by atomic mass is 16.4. The van der Waals surface area contributed by atoms with Crippen molar-refractivity contribution in [2.75, 3.05) is 5.32 Å². The molecule has 0 bridgehead atoms. The zero-order valence-corrected chi connectivity index (χ0v) is 19.7. The average molecular weight is 448 g/mol. The number of amides is 1. The average Bonchev–Trinajstić information content (AvgIpc) is 2.80. The van der Waals surface area contributed by atoms with E-state index in [1.54, 1.807) is 12.1 Å². The van der Waals surface area contributed by atoms with Crippen molar-refractivity contribution in [2.45, 2.75) is 58.3 Å². The summed E-state index contributed by atoms with van der Waals surface area (Å²) in [7, 11) is 0. The van der Waals surface area contributed by atoms with E-state index < -0.39 is 5.97 Å². The summed E-state index contributed by atoms with van der Waals surface area (Å²) in [5.74, 6) is -1.14. The first kappa shape index (κ1) is 27.6. The van der Waals surface area contributed by atoms with Crippen molar-refractivity contribution in [3.05, 3.63) is 103 Å². The molecule has 0 radical (unpaired) electrons. The molecule has 0 unspecified atom stereocenters. The molecule has 1 aromatic rings. The molecule has 2 N–H and O–H groups in total. The zero-order valence-electron chi connectivity index (χ0n) is 19.7. The van der Waals surface area contributed by atoms with Crippen molar-refractivity contribution in [1.29, 1.82) is 0 Å². The predicted molar refractivity (Wildman–Crippen MR) is 139 cm³/mol. The lowest BCUT2D eigenvalue weighted by Gasteiger charge is -2.04. The third kappa shape index (κ3) is 16.0.